The van der Waals surface area contributed by atoms with Crippen LogP contribution in [-0.4, -0.2) is 32.7 Å². The molecule has 0 saturated heterocycles. The Morgan fingerprint density at radius 1 is 1.38 bits per heavy atom. The molecule has 0 spiro atoms. The topological polar surface area (TPSA) is 115 Å². The first-order chi connectivity index (χ1) is 7.04. The highest BCUT2D eigenvalue weighted by atomic mass is 32.2. The molecule has 0 aromatic carbocycles. The van der Waals surface area contributed by atoms with Crippen molar-refractivity contribution < 1.29 is 13.2 Å². The number of nitrogens with two attached hydrogens (primary N) is 2. The van der Waals surface area contributed by atoms with Gasteiger partial charge in [-0.3, -0.25) is 4.79 Å². The summed E-state index contributed by atoms with van der Waals surface area (Å²) in [5.74, 6) is -0.417. The van der Waals surface area contributed by atoms with Gasteiger partial charge < -0.3 is 11.1 Å². The Balaban J connectivity index is 3.92. The quantitative estimate of drug-likeness (QED) is 0.552. The van der Waals surface area contributed by atoms with E-state index >= 15 is 0 Å². The predicted octanol–water partition coefficient (Wildman–Crippen LogP) is -0.845. The van der Waals surface area contributed by atoms with Crippen LogP contribution in [0.5, 0.6) is 0 Å². The van der Waals surface area contributed by atoms with Gasteiger partial charge in [-0.1, -0.05) is 20.8 Å². The fourth-order valence-corrected chi connectivity index (χ4v) is 1.53. The third kappa shape index (κ3) is 6.76. The summed E-state index contributed by atoms with van der Waals surface area (Å²) in [6.07, 6.45) is 0.293. The van der Waals surface area contributed by atoms with Crippen LogP contribution in [0.2, 0.25) is 0 Å². The van der Waals surface area contributed by atoms with E-state index in [4.69, 9.17) is 10.9 Å². The van der Waals surface area contributed by atoms with Crippen molar-refractivity contribution in [1.29, 1.82) is 0 Å². The maximum atomic E-state index is 11.5. The molecule has 0 aliphatic carbocycles. The van der Waals surface area contributed by atoms with Gasteiger partial charge >= 0.3 is 0 Å². The molecule has 16 heavy (non-hydrogen) atoms. The molecule has 0 rings (SSSR count). The maximum Gasteiger partial charge on any atom is 0.237 e. The smallest absolute Gasteiger partial charge is 0.237 e. The van der Waals surface area contributed by atoms with Crippen LogP contribution < -0.4 is 16.2 Å². The average Bonchev–Trinajstić information content (AvgIpc) is 2.07. The van der Waals surface area contributed by atoms with E-state index in [2.05, 4.69) is 5.32 Å². The first-order valence-electron chi connectivity index (χ1n) is 5.08. The lowest BCUT2D eigenvalue weighted by molar-refractivity contribution is -0.124. The Hall–Kier alpha value is -0.660. The normalized spacial score (nSPS) is 14.6. The second-order valence-corrected chi connectivity index (χ2v) is 6.59. The van der Waals surface area contributed by atoms with Crippen LogP contribution in [0.1, 0.15) is 27.2 Å². The summed E-state index contributed by atoms with van der Waals surface area (Å²) in [7, 11) is -3.45. The van der Waals surface area contributed by atoms with E-state index in [-0.39, 0.29) is 23.6 Å². The summed E-state index contributed by atoms with van der Waals surface area (Å²) in [5.41, 5.74) is 5.39. The third-order valence-corrected chi connectivity index (χ3v) is 2.98. The van der Waals surface area contributed by atoms with Crippen LogP contribution in [0, 0.1) is 5.41 Å². The predicted molar refractivity (Wildman–Crippen MR) is 63.0 cm³/mol. The van der Waals surface area contributed by atoms with Crippen LogP contribution in [-0.2, 0) is 14.8 Å². The average molecular weight is 251 g/mol. The highest BCUT2D eigenvalue weighted by Crippen LogP contribution is 2.16. The van der Waals surface area contributed by atoms with Crippen molar-refractivity contribution in [1.82, 2.24) is 5.32 Å². The Kier molecular flexibility index (Phi) is 5.37. The Bertz CT molecular complexity index is 332. The third-order valence-electron chi connectivity index (χ3n) is 2.12. The zero-order valence-corrected chi connectivity index (χ0v) is 10.8. The van der Waals surface area contributed by atoms with Gasteiger partial charge in [-0.15, -0.1) is 0 Å². The van der Waals surface area contributed by atoms with Gasteiger partial charge in [0.2, 0.25) is 15.9 Å². The number of rotatable bonds is 5. The fraction of sp³-hybridized carbons (Fsp3) is 0.889. The summed E-state index contributed by atoms with van der Waals surface area (Å²) in [5, 5.41) is 7.39. The van der Waals surface area contributed by atoms with Gasteiger partial charge in [0.15, 0.2) is 0 Å². The zero-order chi connectivity index (χ0) is 13.0. The standard InChI is InChI=1S/C9H21N3O3S/c1-9(2,3)7(10)8(13)12-5-4-6-16(11,14)15/h7H,4-6,10H2,1-3H3,(H,12,13)(H2,11,14,15). The SMILES string of the molecule is CC(C)(C)C(N)C(=O)NCCCS(N)(=O)=O. The molecule has 0 fully saturated rings. The Morgan fingerprint density at radius 3 is 2.25 bits per heavy atom. The lowest BCUT2D eigenvalue weighted by Gasteiger charge is -2.25. The van der Waals surface area contributed by atoms with Gasteiger partial charge in [0.1, 0.15) is 0 Å². The molecule has 6 nitrogen and oxygen atoms in total. The summed E-state index contributed by atoms with van der Waals surface area (Å²) in [6, 6.07) is -0.609. The molecule has 0 aromatic heterocycles. The molecular weight excluding hydrogens is 230 g/mol. The van der Waals surface area contributed by atoms with Gasteiger partial charge in [0.05, 0.1) is 11.8 Å². The number of hydrogen-bond donors (Lipinski definition) is 3. The maximum absolute atomic E-state index is 11.5. The molecule has 0 saturated carbocycles. The molecule has 1 unspecified atom stereocenters. The molecule has 0 bridgehead atoms. The van der Waals surface area contributed by atoms with Gasteiger partial charge in [0.25, 0.3) is 0 Å². The molecule has 0 aromatic rings. The number of primary sulfonamides is 1. The number of amides is 1. The second-order valence-electron chi connectivity index (χ2n) is 4.86. The van der Waals surface area contributed by atoms with Gasteiger partial charge in [-0.25, -0.2) is 13.6 Å². The van der Waals surface area contributed by atoms with Crippen molar-refractivity contribution in [3.05, 3.63) is 0 Å². The van der Waals surface area contributed by atoms with Crippen LogP contribution in [0.15, 0.2) is 0 Å². The van der Waals surface area contributed by atoms with Crippen molar-refractivity contribution in [2.24, 2.45) is 16.3 Å². The summed E-state index contributed by atoms with van der Waals surface area (Å²) in [4.78, 5) is 11.5. The first kappa shape index (κ1) is 15.3. The minimum absolute atomic E-state index is 0.141. The van der Waals surface area contributed by atoms with Crippen molar-refractivity contribution in [3.8, 4) is 0 Å². The lowest BCUT2D eigenvalue weighted by Crippen LogP contribution is -2.48. The van der Waals surface area contributed by atoms with Gasteiger partial charge in [-0.05, 0) is 11.8 Å². The number of sulfonamides is 1. The largest absolute Gasteiger partial charge is 0.355 e. The first-order valence-corrected chi connectivity index (χ1v) is 6.79. The minimum atomic E-state index is -3.45. The van der Waals surface area contributed by atoms with Crippen molar-refractivity contribution in [2.75, 3.05) is 12.3 Å². The molecular formula is C9H21N3O3S. The molecule has 96 valence electrons. The van der Waals surface area contributed by atoms with Gasteiger partial charge in [0, 0.05) is 6.54 Å². The molecule has 1 amide bonds. The Labute approximate surface area is 96.8 Å². The highest BCUT2D eigenvalue weighted by molar-refractivity contribution is 7.89. The molecule has 0 radical (unpaired) electrons. The molecule has 5 N–H and O–H groups in total. The number of carbonyl (C=O) groups is 1. The van der Waals surface area contributed by atoms with E-state index in [1.807, 2.05) is 20.8 Å². The van der Waals surface area contributed by atoms with E-state index in [1.54, 1.807) is 0 Å². The monoisotopic (exact) mass is 251 g/mol. The highest BCUT2D eigenvalue weighted by Gasteiger charge is 2.26. The van der Waals surface area contributed by atoms with Crippen molar-refractivity contribution in [2.45, 2.75) is 33.2 Å². The van der Waals surface area contributed by atoms with Crippen LogP contribution >= 0.6 is 0 Å². The summed E-state index contributed by atoms with van der Waals surface area (Å²) >= 11 is 0. The van der Waals surface area contributed by atoms with Crippen LogP contribution in [0.25, 0.3) is 0 Å². The minimum Gasteiger partial charge on any atom is -0.355 e. The van der Waals surface area contributed by atoms with E-state index in [0.29, 0.717) is 6.42 Å². The van der Waals surface area contributed by atoms with Crippen LogP contribution in [0.3, 0.4) is 0 Å². The van der Waals surface area contributed by atoms with E-state index in [9.17, 15) is 13.2 Å². The molecule has 0 aliphatic heterocycles. The number of hydrogen-bond acceptors (Lipinski definition) is 4. The van der Waals surface area contributed by atoms with E-state index in [1.165, 1.54) is 0 Å². The summed E-state index contributed by atoms with van der Waals surface area (Å²) < 4.78 is 21.2. The fourth-order valence-electron chi connectivity index (χ4n) is 0.988. The molecule has 0 aliphatic rings. The second kappa shape index (κ2) is 5.60. The van der Waals surface area contributed by atoms with Crippen LogP contribution in [0.4, 0.5) is 0 Å². The van der Waals surface area contributed by atoms with E-state index in [0.717, 1.165) is 0 Å². The number of carbonyl (C=O) groups excluding carboxylic acids is 1. The molecule has 0 heterocycles. The van der Waals surface area contributed by atoms with Gasteiger partial charge in [-0.2, -0.15) is 0 Å². The Morgan fingerprint density at radius 2 is 1.88 bits per heavy atom. The van der Waals surface area contributed by atoms with Crippen molar-refractivity contribution >= 4 is 15.9 Å². The van der Waals surface area contributed by atoms with E-state index < -0.39 is 16.1 Å². The van der Waals surface area contributed by atoms with Crippen molar-refractivity contribution in [3.63, 3.8) is 0 Å². The lowest BCUT2D eigenvalue weighted by atomic mass is 9.87. The molecule has 1 atom stereocenters. The summed E-state index contributed by atoms with van der Waals surface area (Å²) in [6.45, 7) is 5.85. The number of nitrogens with one attached hydrogen (secondary N) is 1. The molecule has 7 heteroatoms. The zero-order valence-electron chi connectivity index (χ0n) is 9.99.